The Labute approximate surface area is 127 Å². The smallest absolute Gasteiger partial charge is 0.258 e. The molecule has 0 saturated heterocycles. The van der Waals surface area contributed by atoms with Crippen molar-refractivity contribution in [2.75, 3.05) is 5.32 Å². The minimum absolute atomic E-state index is 0.104. The van der Waals surface area contributed by atoms with Crippen LogP contribution in [0.3, 0.4) is 0 Å². The first-order valence-electron chi connectivity index (χ1n) is 5.22. The molecular formula is C13H8F2INOS. The van der Waals surface area contributed by atoms with Gasteiger partial charge in [-0.3, -0.25) is 4.79 Å². The number of hydrogen-bond acceptors (Lipinski definition) is 2. The molecule has 6 heteroatoms. The second-order valence-corrected chi connectivity index (χ2v) is 5.42. The highest BCUT2D eigenvalue weighted by atomic mass is 127. The van der Waals surface area contributed by atoms with Crippen LogP contribution in [-0.4, -0.2) is 5.91 Å². The molecule has 98 valence electrons. The molecule has 1 N–H and O–H groups in total. The molecule has 0 saturated carbocycles. The van der Waals surface area contributed by atoms with E-state index < -0.39 is 17.5 Å². The Balaban J connectivity index is 2.28. The second-order valence-electron chi connectivity index (χ2n) is 3.74. The van der Waals surface area contributed by atoms with Gasteiger partial charge in [-0.1, -0.05) is 0 Å². The molecule has 0 heterocycles. The van der Waals surface area contributed by atoms with Gasteiger partial charge >= 0.3 is 0 Å². The normalized spacial score (nSPS) is 10.3. The van der Waals surface area contributed by atoms with Crippen LogP contribution in [0.5, 0.6) is 0 Å². The van der Waals surface area contributed by atoms with Crippen molar-refractivity contribution < 1.29 is 13.6 Å². The molecule has 0 bridgehead atoms. The van der Waals surface area contributed by atoms with Crippen LogP contribution in [0.15, 0.2) is 41.3 Å². The summed E-state index contributed by atoms with van der Waals surface area (Å²) in [4.78, 5) is 12.4. The minimum Gasteiger partial charge on any atom is -0.321 e. The van der Waals surface area contributed by atoms with E-state index in [0.717, 1.165) is 0 Å². The highest BCUT2D eigenvalue weighted by Gasteiger charge is 2.13. The number of rotatable bonds is 2. The van der Waals surface area contributed by atoms with Gasteiger partial charge in [0.2, 0.25) is 0 Å². The highest BCUT2D eigenvalue weighted by molar-refractivity contribution is 14.1. The molecule has 2 rings (SSSR count). The lowest BCUT2D eigenvalue weighted by Crippen LogP contribution is -2.14. The molecule has 0 unspecified atom stereocenters. The molecule has 0 spiro atoms. The maximum absolute atomic E-state index is 13.5. The Bertz CT molecular complexity index is 649. The number of anilines is 1. The number of hydrogen-bond donors (Lipinski definition) is 2. The van der Waals surface area contributed by atoms with E-state index in [0.29, 0.717) is 14.2 Å². The van der Waals surface area contributed by atoms with Crippen molar-refractivity contribution in [3.63, 3.8) is 0 Å². The van der Waals surface area contributed by atoms with E-state index in [4.69, 9.17) is 0 Å². The molecule has 0 aliphatic rings. The summed E-state index contributed by atoms with van der Waals surface area (Å²) in [6.45, 7) is 0. The Kier molecular flexibility index (Phi) is 4.41. The SMILES string of the molecule is O=C(Nc1ccc(F)cc1I)c1cc(S)ccc1F. The van der Waals surface area contributed by atoms with Crippen LogP contribution in [0.2, 0.25) is 0 Å². The van der Waals surface area contributed by atoms with Gasteiger partial charge in [0.25, 0.3) is 5.91 Å². The van der Waals surface area contributed by atoms with E-state index in [1.165, 1.54) is 36.4 Å². The van der Waals surface area contributed by atoms with Crippen molar-refractivity contribution in [1.29, 1.82) is 0 Å². The molecule has 2 aromatic rings. The third-order valence-electron chi connectivity index (χ3n) is 2.37. The average Bonchev–Trinajstić information content (AvgIpc) is 2.35. The first-order valence-corrected chi connectivity index (χ1v) is 6.75. The van der Waals surface area contributed by atoms with E-state index in [1.54, 1.807) is 0 Å². The van der Waals surface area contributed by atoms with Crippen LogP contribution in [0.1, 0.15) is 10.4 Å². The lowest BCUT2D eigenvalue weighted by atomic mass is 10.2. The van der Waals surface area contributed by atoms with E-state index in [1.807, 2.05) is 22.6 Å². The minimum atomic E-state index is -0.632. The van der Waals surface area contributed by atoms with Crippen LogP contribution in [-0.2, 0) is 0 Å². The molecule has 0 atom stereocenters. The van der Waals surface area contributed by atoms with E-state index >= 15 is 0 Å². The summed E-state index contributed by atoms with van der Waals surface area (Å²) >= 11 is 5.95. The summed E-state index contributed by atoms with van der Waals surface area (Å²) in [6.07, 6.45) is 0. The summed E-state index contributed by atoms with van der Waals surface area (Å²) in [5.41, 5.74) is 0.323. The monoisotopic (exact) mass is 391 g/mol. The molecule has 19 heavy (non-hydrogen) atoms. The Morgan fingerprint density at radius 1 is 1.16 bits per heavy atom. The number of carbonyl (C=O) groups is 1. The quantitative estimate of drug-likeness (QED) is 0.586. The topological polar surface area (TPSA) is 29.1 Å². The highest BCUT2D eigenvalue weighted by Crippen LogP contribution is 2.21. The van der Waals surface area contributed by atoms with Gasteiger partial charge in [0.1, 0.15) is 11.6 Å². The van der Waals surface area contributed by atoms with Crippen LogP contribution in [0, 0.1) is 15.2 Å². The van der Waals surface area contributed by atoms with Crippen molar-refractivity contribution in [1.82, 2.24) is 0 Å². The molecule has 2 nitrogen and oxygen atoms in total. The van der Waals surface area contributed by atoms with Crippen molar-refractivity contribution in [2.24, 2.45) is 0 Å². The lowest BCUT2D eigenvalue weighted by molar-refractivity contribution is 0.102. The molecule has 1 amide bonds. The summed E-state index contributed by atoms with van der Waals surface area (Å²) in [7, 11) is 0. The Hall–Kier alpha value is -1.15. The van der Waals surface area contributed by atoms with Crippen LogP contribution >= 0.6 is 35.2 Å². The summed E-state index contributed by atoms with van der Waals surface area (Å²) < 4.78 is 27.0. The Morgan fingerprint density at radius 2 is 1.89 bits per heavy atom. The van der Waals surface area contributed by atoms with Gasteiger partial charge < -0.3 is 5.32 Å². The zero-order chi connectivity index (χ0) is 14.0. The molecular weight excluding hydrogens is 383 g/mol. The third-order valence-corrected chi connectivity index (χ3v) is 3.54. The molecule has 2 aromatic carbocycles. The van der Waals surface area contributed by atoms with Crippen LogP contribution in [0.25, 0.3) is 0 Å². The van der Waals surface area contributed by atoms with Gasteiger partial charge in [-0.25, -0.2) is 8.78 Å². The number of benzene rings is 2. The fourth-order valence-electron chi connectivity index (χ4n) is 1.47. The second kappa shape index (κ2) is 5.87. The van der Waals surface area contributed by atoms with Gasteiger partial charge in [0.05, 0.1) is 11.3 Å². The zero-order valence-corrected chi connectivity index (χ0v) is 12.5. The summed E-state index contributed by atoms with van der Waals surface area (Å²) in [6, 6.07) is 7.90. The predicted octanol–water partition coefficient (Wildman–Crippen LogP) is 4.11. The van der Waals surface area contributed by atoms with E-state index in [9.17, 15) is 13.6 Å². The van der Waals surface area contributed by atoms with Crippen molar-refractivity contribution in [3.8, 4) is 0 Å². The average molecular weight is 391 g/mol. The Morgan fingerprint density at radius 3 is 2.58 bits per heavy atom. The first kappa shape index (κ1) is 14.3. The number of amides is 1. The summed E-state index contributed by atoms with van der Waals surface area (Å²) in [5, 5.41) is 2.53. The molecule has 0 aliphatic heterocycles. The van der Waals surface area contributed by atoms with Crippen molar-refractivity contribution >= 4 is 46.8 Å². The lowest BCUT2D eigenvalue weighted by Gasteiger charge is -2.08. The standard InChI is InChI=1S/C13H8F2INOS/c14-7-1-4-12(11(16)5-7)17-13(18)9-6-8(19)2-3-10(9)15/h1-6,19H,(H,17,18). The van der Waals surface area contributed by atoms with Crippen molar-refractivity contribution in [3.05, 3.63) is 57.2 Å². The molecule has 0 aromatic heterocycles. The maximum atomic E-state index is 13.5. The third kappa shape index (κ3) is 3.44. The molecule has 0 radical (unpaired) electrons. The maximum Gasteiger partial charge on any atom is 0.258 e. The van der Waals surface area contributed by atoms with Crippen LogP contribution < -0.4 is 5.32 Å². The van der Waals surface area contributed by atoms with E-state index in [2.05, 4.69) is 17.9 Å². The van der Waals surface area contributed by atoms with Crippen molar-refractivity contribution in [2.45, 2.75) is 4.90 Å². The van der Waals surface area contributed by atoms with Gasteiger partial charge in [0, 0.05) is 8.47 Å². The van der Waals surface area contributed by atoms with Gasteiger partial charge in [-0.15, -0.1) is 12.6 Å². The first-order chi connectivity index (χ1) is 8.97. The van der Waals surface area contributed by atoms with E-state index in [-0.39, 0.29) is 5.56 Å². The zero-order valence-electron chi connectivity index (χ0n) is 9.45. The number of nitrogens with one attached hydrogen (secondary N) is 1. The van der Waals surface area contributed by atoms with Gasteiger partial charge in [0.15, 0.2) is 0 Å². The number of thiol groups is 1. The molecule has 0 aliphatic carbocycles. The van der Waals surface area contributed by atoms with Crippen LogP contribution in [0.4, 0.5) is 14.5 Å². The fraction of sp³-hybridized carbons (Fsp3) is 0. The number of halogens is 3. The summed E-state index contributed by atoms with van der Waals surface area (Å²) in [5.74, 6) is -1.63. The van der Waals surface area contributed by atoms with Gasteiger partial charge in [-0.05, 0) is 59.0 Å². The number of carbonyl (C=O) groups excluding carboxylic acids is 1. The molecule has 0 fully saturated rings. The predicted molar refractivity (Wildman–Crippen MR) is 80.7 cm³/mol. The largest absolute Gasteiger partial charge is 0.321 e. The fourth-order valence-corrected chi connectivity index (χ4v) is 2.28. The van der Waals surface area contributed by atoms with Gasteiger partial charge in [-0.2, -0.15) is 0 Å².